The Morgan fingerprint density at radius 2 is 1.81 bits per heavy atom. The molecule has 1 aromatic carbocycles. The molecule has 5 atom stereocenters. The summed E-state index contributed by atoms with van der Waals surface area (Å²) in [6, 6.07) is 11.9. The molecular formula is C19H27NO. The summed E-state index contributed by atoms with van der Waals surface area (Å²) in [5, 5.41) is 3.93. The van der Waals surface area contributed by atoms with E-state index in [1.165, 1.54) is 32.1 Å². The van der Waals surface area contributed by atoms with E-state index in [4.69, 9.17) is 4.74 Å². The van der Waals surface area contributed by atoms with Gasteiger partial charge in [0.1, 0.15) is 0 Å². The standard InChI is InChI=1S/C19H27NO/c1-2-6-15(7-3-1)18-16-8-4-5-9-17(16)19(18)20-12-14-10-11-21-13-14/h1-3,6-7,14,16-20H,4-5,8-13H2/t14-,16-,17-,18-,19-/m0/s1. The lowest BCUT2D eigenvalue weighted by molar-refractivity contribution is 0.0240. The van der Waals surface area contributed by atoms with Crippen molar-refractivity contribution in [3.63, 3.8) is 0 Å². The maximum Gasteiger partial charge on any atom is 0.0507 e. The molecule has 1 saturated heterocycles. The van der Waals surface area contributed by atoms with Crippen molar-refractivity contribution in [1.82, 2.24) is 5.32 Å². The number of hydrogen-bond donors (Lipinski definition) is 1. The quantitative estimate of drug-likeness (QED) is 0.913. The first-order chi connectivity index (χ1) is 10.4. The zero-order valence-electron chi connectivity index (χ0n) is 12.8. The molecule has 0 aromatic heterocycles. The summed E-state index contributed by atoms with van der Waals surface area (Å²) in [7, 11) is 0. The van der Waals surface area contributed by atoms with Crippen molar-refractivity contribution >= 4 is 0 Å². The third-order valence-electron chi connectivity index (χ3n) is 6.03. The summed E-state index contributed by atoms with van der Waals surface area (Å²) in [6.45, 7) is 3.08. The highest BCUT2D eigenvalue weighted by Crippen LogP contribution is 2.54. The molecule has 2 heteroatoms. The van der Waals surface area contributed by atoms with Gasteiger partial charge in [0.05, 0.1) is 6.61 Å². The molecule has 3 aliphatic rings. The third-order valence-corrected chi connectivity index (χ3v) is 6.03. The van der Waals surface area contributed by atoms with Crippen LogP contribution in [0.15, 0.2) is 30.3 Å². The predicted molar refractivity (Wildman–Crippen MR) is 85.3 cm³/mol. The Morgan fingerprint density at radius 3 is 2.57 bits per heavy atom. The second kappa shape index (κ2) is 6.10. The zero-order chi connectivity index (χ0) is 14.1. The average molecular weight is 285 g/mol. The summed E-state index contributed by atoms with van der Waals surface area (Å²) in [5.41, 5.74) is 1.56. The van der Waals surface area contributed by atoms with Gasteiger partial charge in [-0.15, -0.1) is 0 Å². The maximum atomic E-state index is 5.52. The first kappa shape index (κ1) is 13.8. The van der Waals surface area contributed by atoms with Gasteiger partial charge in [0.25, 0.3) is 0 Å². The van der Waals surface area contributed by atoms with Gasteiger partial charge in [0, 0.05) is 25.1 Å². The van der Waals surface area contributed by atoms with E-state index in [9.17, 15) is 0 Å². The average Bonchev–Trinajstić information content (AvgIpc) is 3.03. The Kier molecular flexibility index (Phi) is 4.00. The van der Waals surface area contributed by atoms with Crippen LogP contribution in [-0.4, -0.2) is 25.8 Å². The number of fused-ring (bicyclic) bond motifs is 1. The molecule has 1 aliphatic heterocycles. The van der Waals surface area contributed by atoms with Crippen LogP contribution in [0.3, 0.4) is 0 Å². The SMILES string of the molecule is c1ccc([C@H]2[C@H]3CCCC[C@@H]3[C@@H]2NC[C@@H]2CCOC2)cc1. The number of hydrogen-bond acceptors (Lipinski definition) is 2. The van der Waals surface area contributed by atoms with Crippen LogP contribution in [0.25, 0.3) is 0 Å². The molecule has 0 bridgehead atoms. The minimum absolute atomic E-state index is 0.707. The van der Waals surface area contributed by atoms with Crippen LogP contribution in [0.2, 0.25) is 0 Å². The number of benzene rings is 1. The monoisotopic (exact) mass is 285 g/mol. The molecule has 1 aromatic rings. The Balaban J connectivity index is 1.46. The minimum Gasteiger partial charge on any atom is -0.381 e. The summed E-state index contributed by atoms with van der Waals surface area (Å²) in [6.07, 6.45) is 6.99. The highest BCUT2D eigenvalue weighted by molar-refractivity contribution is 5.28. The number of nitrogens with one attached hydrogen (secondary N) is 1. The Labute approximate surface area is 128 Å². The van der Waals surface area contributed by atoms with E-state index in [1.54, 1.807) is 5.56 Å². The van der Waals surface area contributed by atoms with Gasteiger partial charge < -0.3 is 10.1 Å². The number of rotatable bonds is 4. The normalized spacial score (nSPS) is 38.8. The van der Waals surface area contributed by atoms with Gasteiger partial charge in [-0.3, -0.25) is 0 Å². The van der Waals surface area contributed by atoms with Gasteiger partial charge in [-0.25, -0.2) is 0 Å². The van der Waals surface area contributed by atoms with Crippen molar-refractivity contribution in [1.29, 1.82) is 0 Å². The second-order valence-corrected chi connectivity index (χ2v) is 7.21. The van der Waals surface area contributed by atoms with Crippen molar-refractivity contribution in [2.45, 2.75) is 44.1 Å². The van der Waals surface area contributed by atoms with Gasteiger partial charge in [0.2, 0.25) is 0 Å². The molecule has 0 spiro atoms. The molecule has 1 heterocycles. The van der Waals surface area contributed by atoms with Gasteiger partial charge in [-0.2, -0.15) is 0 Å². The smallest absolute Gasteiger partial charge is 0.0507 e. The van der Waals surface area contributed by atoms with E-state index < -0.39 is 0 Å². The number of ether oxygens (including phenoxy) is 1. The zero-order valence-corrected chi connectivity index (χ0v) is 12.8. The van der Waals surface area contributed by atoms with Crippen LogP contribution in [0, 0.1) is 17.8 Å². The summed E-state index contributed by atoms with van der Waals surface area (Å²) < 4.78 is 5.52. The summed E-state index contributed by atoms with van der Waals surface area (Å²) >= 11 is 0. The molecule has 1 N–H and O–H groups in total. The lowest BCUT2D eigenvalue weighted by atomic mass is 9.53. The lowest BCUT2D eigenvalue weighted by Crippen LogP contribution is -2.58. The first-order valence-corrected chi connectivity index (χ1v) is 8.79. The maximum absolute atomic E-state index is 5.52. The van der Waals surface area contributed by atoms with Gasteiger partial charge >= 0.3 is 0 Å². The second-order valence-electron chi connectivity index (χ2n) is 7.21. The Morgan fingerprint density at radius 1 is 1.00 bits per heavy atom. The van der Waals surface area contributed by atoms with Crippen LogP contribution >= 0.6 is 0 Å². The third kappa shape index (κ3) is 2.64. The van der Waals surface area contributed by atoms with Crippen LogP contribution in [0.1, 0.15) is 43.6 Å². The lowest BCUT2D eigenvalue weighted by Gasteiger charge is -2.55. The summed E-state index contributed by atoms with van der Waals surface area (Å²) in [4.78, 5) is 0. The van der Waals surface area contributed by atoms with Crippen LogP contribution in [0.4, 0.5) is 0 Å². The topological polar surface area (TPSA) is 21.3 Å². The molecular weight excluding hydrogens is 258 g/mol. The molecule has 2 nitrogen and oxygen atoms in total. The molecule has 0 radical (unpaired) electrons. The molecule has 0 unspecified atom stereocenters. The molecule has 114 valence electrons. The molecule has 2 aliphatic carbocycles. The Bertz CT molecular complexity index is 454. The summed E-state index contributed by atoms with van der Waals surface area (Å²) in [5.74, 6) is 3.34. The molecule has 2 saturated carbocycles. The Hall–Kier alpha value is -0.860. The highest BCUT2D eigenvalue weighted by atomic mass is 16.5. The van der Waals surface area contributed by atoms with E-state index in [1.807, 2.05) is 0 Å². The van der Waals surface area contributed by atoms with Gasteiger partial charge in [-0.1, -0.05) is 43.2 Å². The first-order valence-electron chi connectivity index (χ1n) is 8.79. The van der Waals surface area contributed by atoms with Crippen molar-refractivity contribution < 1.29 is 4.74 Å². The van der Waals surface area contributed by atoms with Crippen LogP contribution in [0.5, 0.6) is 0 Å². The van der Waals surface area contributed by atoms with Gasteiger partial charge in [0.15, 0.2) is 0 Å². The van der Waals surface area contributed by atoms with E-state index in [0.717, 1.165) is 43.4 Å². The highest BCUT2D eigenvalue weighted by Gasteiger charge is 2.50. The van der Waals surface area contributed by atoms with Crippen molar-refractivity contribution in [2.75, 3.05) is 19.8 Å². The fraction of sp³-hybridized carbons (Fsp3) is 0.684. The largest absolute Gasteiger partial charge is 0.381 e. The predicted octanol–water partition coefficient (Wildman–Crippen LogP) is 3.58. The van der Waals surface area contributed by atoms with Crippen molar-refractivity contribution in [3.05, 3.63) is 35.9 Å². The van der Waals surface area contributed by atoms with E-state index in [2.05, 4.69) is 35.6 Å². The van der Waals surface area contributed by atoms with E-state index in [-0.39, 0.29) is 0 Å². The van der Waals surface area contributed by atoms with E-state index >= 15 is 0 Å². The molecule has 0 amide bonds. The van der Waals surface area contributed by atoms with Crippen molar-refractivity contribution in [2.24, 2.45) is 17.8 Å². The minimum atomic E-state index is 0.707. The molecule has 4 rings (SSSR count). The van der Waals surface area contributed by atoms with Gasteiger partial charge in [-0.05, 0) is 42.6 Å². The van der Waals surface area contributed by atoms with E-state index in [0.29, 0.717) is 6.04 Å². The van der Waals surface area contributed by atoms with Crippen LogP contribution < -0.4 is 5.32 Å². The molecule has 21 heavy (non-hydrogen) atoms. The van der Waals surface area contributed by atoms with Crippen molar-refractivity contribution in [3.8, 4) is 0 Å². The fourth-order valence-corrected chi connectivity index (χ4v) is 4.92. The molecule has 3 fully saturated rings. The van der Waals surface area contributed by atoms with Crippen LogP contribution in [-0.2, 0) is 4.74 Å². The fourth-order valence-electron chi connectivity index (χ4n) is 4.92.